The van der Waals surface area contributed by atoms with Crippen molar-refractivity contribution in [3.8, 4) is 0 Å². The molecule has 0 atom stereocenters. The molecule has 0 radical (unpaired) electrons. The Kier molecular flexibility index (Phi) is 4.91. The summed E-state index contributed by atoms with van der Waals surface area (Å²) in [6.45, 7) is 8.01. The molecule has 4 N–H and O–H groups in total. The van der Waals surface area contributed by atoms with Crippen molar-refractivity contribution in [1.82, 2.24) is 4.90 Å². The largest absolute Gasteiger partial charge is 0.389 e. The molecule has 1 amide bonds. The van der Waals surface area contributed by atoms with E-state index in [1.54, 1.807) is 30.9 Å². The lowest BCUT2D eigenvalue weighted by Crippen LogP contribution is -2.42. The number of anilines is 1. The van der Waals surface area contributed by atoms with Gasteiger partial charge in [-0.1, -0.05) is 0 Å². The molecule has 0 spiro atoms. The smallest absolute Gasteiger partial charge is 0.254 e. The van der Waals surface area contributed by atoms with Crippen LogP contribution >= 0.6 is 0 Å². The lowest BCUT2D eigenvalue weighted by Gasteiger charge is -2.28. The second-order valence-electron chi connectivity index (χ2n) is 5.31. The third kappa shape index (κ3) is 4.22. The number of hydrogen-bond acceptors (Lipinski definition) is 4. The number of hydrogen-bond donors (Lipinski definition) is 3. The van der Waals surface area contributed by atoms with Gasteiger partial charge in [-0.15, -0.1) is 0 Å². The fraction of sp³-hybridized carbons (Fsp3) is 0.500. The Labute approximate surface area is 114 Å². The normalized spacial score (nSPS) is 11.3. The molecule has 5 nitrogen and oxygen atoms in total. The minimum atomic E-state index is -0.904. The number of nitrogen functional groups attached to an aromatic ring is 1. The number of rotatable bonds is 5. The summed E-state index contributed by atoms with van der Waals surface area (Å²) in [5.74, 6) is 5.26. The van der Waals surface area contributed by atoms with Crippen molar-refractivity contribution in [2.24, 2.45) is 5.84 Å². The van der Waals surface area contributed by atoms with E-state index in [-0.39, 0.29) is 5.91 Å². The molecule has 0 saturated carbocycles. The van der Waals surface area contributed by atoms with Gasteiger partial charge in [0, 0.05) is 24.3 Å². The number of aliphatic hydroxyl groups is 1. The van der Waals surface area contributed by atoms with Gasteiger partial charge in [-0.2, -0.15) is 0 Å². The van der Waals surface area contributed by atoms with E-state index < -0.39 is 5.60 Å². The van der Waals surface area contributed by atoms with Crippen LogP contribution in [0.25, 0.3) is 0 Å². The number of carbonyl (C=O) groups is 1. The molecule has 0 aliphatic rings. The van der Waals surface area contributed by atoms with Crippen molar-refractivity contribution >= 4 is 11.6 Å². The molecule has 0 heterocycles. The zero-order chi connectivity index (χ0) is 14.6. The summed E-state index contributed by atoms with van der Waals surface area (Å²) in [5.41, 5.74) is 3.90. The Morgan fingerprint density at radius 1 is 1.47 bits per heavy atom. The van der Waals surface area contributed by atoms with Gasteiger partial charge < -0.3 is 15.4 Å². The van der Waals surface area contributed by atoms with Crippen LogP contribution in [0.3, 0.4) is 0 Å². The van der Waals surface area contributed by atoms with E-state index in [4.69, 9.17) is 5.84 Å². The van der Waals surface area contributed by atoms with Gasteiger partial charge in [-0.05, 0) is 51.5 Å². The average Bonchev–Trinajstić information content (AvgIpc) is 2.33. The second kappa shape index (κ2) is 6.04. The molecule has 0 aliphatic carbocycles. The van der Waals surface area contributed by atoms with Crippen LogP contribution in [-0.2, 0) is 0 Å². The average molecular weight is 265 g/mol. The van der Waals surface area contributed by atoms with Gasteiger partial charge in [-0.25, -0.2) is 0 Å². The molecule has 0 aromatic heterocycles. The van der Waals surface area contributed by atoms with Crippen LogP contribution in [0.2, 0.25) is 0 Å². The molecule has 1 rings (SSSR count). The highest BCUT2D eigenvalue weighted by molar-refractivity contribution is 5.96. The van der Waals surface area contributed by atoms with E-state index in [2.05, 4.69) is 5.43 Å². The van der Waals surface area contributed by atoms with Crippen LogP contribution in [0.4, 0.5) is 5.69 Å². The van der Waals surface area contributed by atoms with Crippen molar-refractivity contribution in [2.45, 2.75) is 33.3 Å². The Balaban J connectivity index is 2.98. The number of carbonyl (C=O) groups excluding carboxylic acids is 1. The molecule has 19 heavy (non-hydrogen) atoms. The van der Waals surface area contributed by atoms with Crippen molar-refractivity contribution in [1.29, 1.82) is 0 Å². The van der Waals surface area contributed by atoms with E-state index in [0.29, 0.717) is 18.7 Å². The monoisotopic (exact) mass is 265 g/mol. The molecular weight excluding hydrogens is 242 g/mol. The van der Waals surface area contributed by atoms with Gasteiger partial charge in [-0.3, -0.25) is 10.6 Å². The molecular formula is C14H23N3O2. The van der Waals surface area contributed by atoms with E-state index in [9.17, 15) is 9.90 Å². The topological polar surface area (TPSA) is 78.6 Å². The molecule has 0 bridgehead atoms. The van der Waals surface area contributed by atoms with Gasteiger partial charge >= 0.3 is 0 Å². The minimum Gasteiger partial charge on any atom is -0.389 e. The molecule has 0 aliphatic heterocycles. The van der Waals surface area contributed by atoms with Crippen LogP contribution < -0.4 is 11.3 Å². The maximum absolute atomic E-state index is 12.4. The maximum Gasteiger partial charge on any atom is 0.254 e. The second-order valence-corrected chi connectivity index (χ2v) is 5.31. The number of nitrogens with one attached hydrogen (secondary N) is 1. The predicted octanol–water partition coefficient (Wildman–Crippen LogP) is 1.51. The lowest BCUT2D eigenvalue weighted by atomic mass is 10.0. The molecule has 1 aromatic rings. The maximum atomic E-state index is 12.4. The Morgan fingerprint density at radius 3 is 2.53 bits per heavy atom. The predicted molar refractivity (Wildman–Crippen MR) is 76.9 cm³/mol. The van der Waals surface area contributed by atoms with Crippen LogP contribution in [-0.4, -0.2) is 34.6 Å². The Hall–Kier alpha value is -1.59. The first kappa shape index (κ1) is 15.5. The third-order valence-electron chi connectivity index (χ3n) is 2.87. The molecule has 106 valence electrons. The highest BCUT2D eigenvalue weighted by Crippen LogP contribution is 2.17. The summed E-state index contributed by atoms with van der Waals surface area (Å²) >= 11 is 0. The quantitative estimate of drug-likeness (QED) is 0.557. The number of aryl methyl sites for hydroxylation is 1. The van der Waals surface area contributed by atoms with Gasteiger partial charge in [0.2, 0.25) is 0 Å². The van der Waals surface area contributed by atoms with E-state index in [0.717, 1.165) is 11.3 Å². The van der Waals surface area contributed by atoms with E-state index in [1.165, 1.54) is 0 Å². The van der Waals surface area contributed by atoms with E-state index in [1.807, 2.05) is 19.9 Å². The number of likely N-dealkylation sites (N-methyl/N-ethyl adjacent to an activating group) is 1. The van der Waals surface area contributed by atoms with Crippen LogP contribution in [0, 0.1) is 6.92 Å². The van der Waals surface area contributed by atoms with Crippen LogP contribution in [0.5, 0.6) is 0 Å². The van der Waals surface area contributed by atoms with Crippen LogP contribution in [0.1, 0.15) is 36.7 Å². The van der Waals surface area contributed by atoms with Gasteiger partial charge in [0.1, 0.15) is 0 Å². The first-order valence-electron chi connectivity index (χ1n) is 6.37. The number of amides is 1. The number of nitrogens with two attached hydrogens (primary N) is 1. The first-order valence-corrected chi connectivity index (χ1v) is 6.37. The fourth-order valence-electron chi connectivity index (χ4n) is 1.96. The molecule has 0 saturated heterocycles. The molecule has 0 unspecified atom stereocenters. The van der Waals surface area contributed by atoms with Gasteiger partial charge in [0.15, 0.2) is 0 Å². The minimum absolute atomic E-state index is 0.0781. The summed E-state index contributed by atoms with van der Waals surface area (Å²) in [4.78, 5) is 14.1. The zero-order valence-corrected chi connectivity index (χ0v) is 12.0. The van der Waals surface area contributed by atoms with Gasteiger partial charge in [0.25, 0.3) is 5.91 Å². The summed E-state index contributed by atoms with van der Waals surface area (Å²) in [6.07, 6.45) is 0. The summed E-state index contributed by atoms with van der Waals surface area (Å²) in [6, 6.07) is 5.34. The number of hydrazine groups is 1. The number of benzene rings is 1. The molecule has 0 fully saturated rings. The van der Waals surface area contributed by atoms with Crippen molar-refractivity contribution in [3.05, 3.63) is 29.3 Å². The SMILES string of the molecule is CCN(CC(C)(C)O)C(=O)c1ccc(NN)cc1C. The van der Waals surface area contributed by atoms with Crippen molar-refractivity contribution in [3.63, 3.8) is 0 Å². The molecule has 1 aromatic carbocycles. The summed E-state index contributed by atoms with van der Waals surface area (Å²) < 4.78 is 0. The van der Waals surface area contributed by atoms with Crippen LogP contribution in [0.15, 0.2) is 18.2 Å². The van der Waals surface area contributed by atoms with Crippen molar-refractivity contribution in [2.75, 3.05) is 18.5 Å². The molecule has 5 heteroatoms. The highest BCUT2D eigenvalue weighted by Gasteiger charge is 2.23. The summed E-state index contributed by atoms with van der Waals surface area (Å²) in [5, 5.41) is 9.85. The lowest BCUT2D eigenvalue weighted by molar-refractivity contribution is 0.0314. The first-order chi connectivity index (χ1) is 8.78. The third-order valence-corrected chi connectivity index (χ3v) is 2.87. The Morgan fingerprint density at radius 2 is 2.11 bits per heavy atom. The Bertz CT molecular complexity index is 452. The fourth-order valence-corrected chi connectivity index (χ4v) is 1.96. The standard InChI is InChI=1S/C14H23N3O2/c1-5-17(9-14(3,4)19)13(18)12-7-6-11(16-15)8-10(12)2/h6-8,16,19H,5,9,15H2,1-4H3. The number of nitrogens with zero attached hydrogens (tertiary/aromatic N) is 1. The van der Waals surface area contributed by atoms with Crippen molar-refractivity contribution < 1.29 is 9.90 Å². The zero-order valence-electron chi connectivity index (χ0n) is 12.0. The van der Waals surface area contributed by atoms with E-state index >= 15 is 0 Å². The summed E-state index contributed by atoms with van der Waals surface area (Å²) in [7, 11) is 0. The highest BCUT2D eigenvalue weighted by atomic mass is 16.3. The van der Waals surface area contributed by atoms with Gasteiger partial charge in [0.05, 0.1) is 5.60 Å².